The van der Waals surface area contributed by atoms with Gasteiger partial charge in [0.1, 0.15) is 24.7 Å². The minimum atomic E-state index is -0.524. The molecule has 0 bridgehead atoms. The molecule has 150 valence electrons. The Balaban J connectivity index is 1.93. The number of halogens is 1. The number of amides is 1. The van der Waals surface area contributed by atoms with Crippen molar-refractivity contribution in [1.82, 2.24) is 0 Å². The van der Waals surface area contributed by atoms with Gasteiger partial charge in [0.25, 0.3) is 11.6 Å². The largest absolute Gasteiger partial charge is 0.495 e. The van der Waals surface area contributed by atoms with Gasteiger partial charge in [-0.2, -0.15) is 0 Å². The molecule has 28 heavy (non-hydrogen) atoms. The Morgan fingerprint density at radius 1 is 1.29 bits per heavy atom. The lowest BCUT2D eigenvalue weighted by Gasteiger charge is -2.21. The third-order valence-electron chi connectivity index (χ3n) is 4.36. The van der Waals surface area contributed by atoms with Gasteiger partial charge in [-0.15, -0.1) is 0 Å². The van der Waals surface area contributed by atoms with Crippen molar-refractivity contribution in [2.45, 2.75) is 13.0 Å². The van der Waals surface area contributed by atoms with Gasteiger partial charge in [0.15, 0.2) is 6.04 Å². The molecular formula is C19H23ClN3O5+. The molecule has 8 nitrogen and oxygen atoms in total. The second-order valence-corrected chi connectivity index (χ2v) is 6.69. The lowest BCUT2D eigenvalue weighted by molar-refractivity contribution is -0.894. The van der Waals surface area contributed by atoms with Crippen LogP contribution in [0.1, 0.15) is 6.92 Å². The van der Waals surface area contributed by atoms with E-state index in [4.69, 9.17) is 21.1 Å². The summed E-state index contributed by atoms with van der Waals surface area (Å²) in [4.78, 5) is 23.9. The molecule has 0 spiro atoms. The fourth-order valence-electron chi connectivity index (χ4n) is 2.45. The number of nitrogens with one attached hydrogen (secondary N) is 2. The van der Waals surface area contributed by atoms with Crippen molar-refractivity contribution in [2.75, 3.05) is 32.6 Å². The van der Waals surface area contributed by atoms with Crippen molar-refractivity contribution >= 4 is 28.9 Å². The average molecular weight is 409 g/mol. The number of methoxy groups -OCH3 is 1. The number of hydrogen-bond donors (Lipinski definition) is 2. The zero-order valence-corrected chi connectivity index (χ0v) is 16.7. The van der Waals surface area contributed by atoms with Gasteiger partial charge in [0, 0.05) is 17.2 Å². The van der Waals surface area contributed by atoms with Crippen LogP contribution in [0.15, 0.2) is 42.5 Å². The summed E-state index contributed by atoms with van der Waals surface area (Å²) < 4.78 is 10.8. The van der Waals surface area contributed by atoms with E-state index in [2.05, 4.69) is 5.32 Å². The van der Waals surface area contributed by atoms with E-state index in [1.807, 2.05) is 7.05 Å². The molecule has 0 aliphatic rings. The Kier molecular flexibility index (Phi) is 7.60. The van der Waals surface area contributed by atoms with E-state index in [1.165, 1.54) is 25.3 Å². The summed E-state index contributed by atoms with van der Waals surface area (Å²) >= 11 is 5.84. The summed E-state index contributed by atoms with van der Waals surface area (Å²) in [6, 6.07) is 10.7. The number of likely N-dealkylation sites (N-methyl/N-ethyl adjacent to an activating group) is 1. The molecule has 2 N–H and O–H groups in total. The third kappa shape index (κ3) is 5.83. The van der Waals surface area contributed by atoms with Crippen LogP contribution < -0.4 is 19.7 Å². The van der Waals surface area contributed by atoms with Crippen LogP contribution in [-0.2, 0) is 4.79 Å². The summed E-state index contributed by atoms with van der Waals surface area (Å²) in [5.74, 6) is 0.785. The first-order valence-electron chi connectivity index (χ1n) is 8.65. The third-order valence-corrected chi connectivity index (χ3v) is 4.61. The molecule has 2 rings (SSSR count). The number of ether oxygens (including phenoxy) is 2. The van der Waals surface area contributed by atoms with E-state index in [1.54, 1.807) is 31.2 Å². The average Bonchev–Trinajstić information content (AvgIpc) is 2.68. The molecule has 0 radical (unpaired) electrons. The quantitative estimate of drug-likeness (QED) is 0.490. The fourth-order valence-corrected chi connectivity index (χ4v) is 2.58. The number of carbonyl (C=O) groups excluding carboxylic acids is 1. The van der Waals surface area contributed by atoms with Crippen molar-refractivity contribution in [3.05, 3.63) is 57.6 Å². The highest BCUT2D eigenvalue weighted by molar-refractivity contribution is 6.30. The number of benzene rings is 2. The number of non-ortho nitro benzene ring substituents is 1. The molecule has 0 aliphatic heterocycles. The first kappa shape index (κ1) is 21.5. The second-order valence-electron chi connectivity index (χ2n) is 6.25. The van der Waals surface area contributed by atoms with Crippen molar-refractivity contribution < 1.29 is 24.1 Å². The van der Waals surface area contributed by atoms with E-state index < -0.39 is 11.0 Å². The van der Waals surface area contributed by atoms with E-state index >= 15 is 0 Å². The maximum Gasteiger partial charge on any atom is 0.282 e. The molecule has 1 amide bonds. The molecule has 0 saturated heterocycles. The number of rotatable bonds is 9. The maximum absolute atomic E-state index is 12.6. The van der Waals surface area contributed by atoms with Crippen LogP contribution in [0.3, 0.4) is 0 Å². The van der Waals surface area contributed by atoms with Gasteiger partial charge in [-0.25, -0.2) is 0 Å². The van der Waals surface area contributed by atoms with Crippen LogP contribution in [0.2, 0.25) is 5.02 Å². The smallest absolute Gasteiger partial charge is 0.282 e. The maximum atomic E-state index is 12.6. The van der Waals surface area contributed by atoms with Gasteiger partial charge in [-0.05, 0) is 37.3 Å². The highest BCUT2D eigenvalue weighted by atomic mass is 35.5. The van der Waals surface area contributed by atoms with Crippen LogP contribution in [0.4, 0.5) is 11.4 Å². The van der Waals surface area contributed by atoms with Gasteiger partial charge in [0.2, 0.25) is 0 Å². The Morgan fingerprint density at radius 3 is 2.57 bits per heavy atom. The van der Waals surface area contributed by atoms with Crippen molar-refractivity contribution in [1.29, 1.82) is 0 Å². The normalized spacial score (nSPS) is 12.7. The summed E-state index contributed by atoms with van der Waals surface area (Å²) in [5, 5.41) is 14.3. The van der Waals surface area contributed by atoms with Gasteiger partial charge in [-0.1, -0.05) is 11.6 Å². The first-order valence-corrected chi connectivity index (χ1v) is 9.03. The van der Waals surface area contributed by atoms with Gasteiger partial charge < -0.3 is 19.7 Å². The lowest BCUT2D eigenvalue weighted by atomic mass is 10.2. The number of nitrogens with zero attached hydrogens (tertiary/aromatic N) is 1. The Hall–Kier alpha value is -2.84. The second kappa shape index (κ2) is 9.91. The summed E-state index contributed by atoms with van der Waals surface area (Å²) in [6.07, 6.45) is 0. The number of hydrogen-bond acceptors (Lipinski definition) is 5. The van der Waals surface area contributed by atoms with Crippen molar-refractivity contribution in [2.24, 2.45) is 0 Å². The number of nitro benzene ring substituents is 1. The zero-order valence-electron chi connectivity index (χ0n) is 15.9. The Bertz CT molecular complexity index is 829. The van der Waals surface area contributed by atoms with Crippen LogP contribution in [-0.4, -0.2) is 44.2 Å². The van der Waals surface area contributed by atoms with E-state index in [-0.39, 0.29) is 17.3 Å². The van der Waals surface area contributed by atoms with Crippen LogP contribution in [0, 0.1) is 10.1 Å². The van der Waals surface area contributed by atoms with Gasteiger partial charge in [0.05, 0.1) is 24.8 Å². The molecule has 0 aliphatic carbocycles. The van der Waals surface area contributed by atoms with Gasteiger partial charge in [-0.3, -0.25) is 14.9 Å². The molecule has 1 unspecified atom stereocenters. The topological polar surface area (TPSA) is 95.1 Å². The van der Waals surface area contributed by atoms with Crippen molar-refractivity contribution in [3.8, 4) is 11.5 Å². The number of quaternary nitrogens is 1. The lowest BCUT2D eigenvalue weighted by Crippen LogP contribution is -3.14. The Labute approximate surface area is 168 Å². The molecular weight excluding hydrogens is 386 g/mol. The predicted octanol–water partition coefficient (Wildman–Crippen LogP) is 2.18. The highest BCUT2D eigenvalue weighted by Gasteiger charge is 2.23. The summed E-state index contributed by atoms with van der Waals surface area (Å²) in [5.41, 5.74) is 0.139. The molecule has 2 aromatic rings. The molecule has 0 heterocycles. The monoisotopic (exact) mass is 408 g/mol. The minimum absolute atomic E-state index is 0.124. The zero-order chi connectivity index (χ0) is 20.7. The molecule has 0 aromatic heterocycles. The molecule has 0 fully saturated rings. The van der Waals surface area contributed by atoms with Gasteiger partial charge >= 0.3 is 0 Å². The summed E-state index contributed by atoms with van der Waals surface area (Å²) in [6.45, 7) is 2.78. The van der Waals surface area contributed by atoms with Crippen molar-refractivity contribution in [3.63, 3.8) is 0 Å². The van der Waals surface area contributed by atoms with Crippen LogP contribution in [0.25, 0.3) is 0 Å². The SMILES string of the molecule is COc1ccc([N+](=O)[O-])cc1NC(=O)[C@@H](C)[NH+](C)CCOc1ccc(Cl)cc1. The first-order chi connectivity index (χ1) is 13.3. The van der Waals surface area contributed by atoms with E-state index in [0.717, 1.165) is 4.90 Å². The number of anilines is 1. The minimum Gasteiger partial charge on any atom is -0.495 e. The van der Waals surface area contributed by atoms with Crippen LogP contribution in [0.5, 0.6) is 11.5 Å². The molecule has 2 aromatic carbocycles. The number of nitro groups is 1. The predicted molar refractivity (Wildman–Crippen MR) is 106 cm³/mol. The van der Waals surface area contributed by atoms with E-state index in [0.29, 0.717) is 29.7 Å². The highest BCUT2D eigenvalue weighted by Crippen LogP contribution is 2.28. The molecule has 0 saturated carbocycles. The Morgan fingerprint density at radius 2 is 1.96 bits per heavy atom. The van der Waals surface area contributed by atoms with Crippen LogP contribution >= 0.6 is 11.6 Å². The van der Waals surface area contributed by atoms with E-state index in [9.17, 15) is 14.9 Å². The summed E-state index contributed by atoms with van der Waals surface area (Å²) in [7, 11) is 3.31. The standard InChI is InChI=1S/C19H22ClN3O5/c1-13(22(2)10-11-28-16-7-4-14(20)5-8-16)19(24)21-17-12-15(23(25)26)6-9-18(17)27-3/h4-9,12-13H,10-11H2,1-3H3,(H,21,24)/p+1/t13-/m1/s1. The number of carbonyl (C=O) groups is 1. The molecule has 2 atom stereocenters. The fraction of sp³-hybridized carbons (Fsp3) is 0.316. The molecule has 9 heteroatoms.